The van der Waals surface area contributed by atoms with Crippen molar-refractivity contribution < 1.29 is 27.9 Å². The lowest BCUT2D eigenvalue weighted by molar-refractivity contribution is -0.192. The van der Waals surface area contributed by atoms with E-state index < -0.39 is 18.1 Å². The van der Waals surface area contributed by atoms with E-state index >= 15 is 0 Å². The second-order valence-corrected chi connectivity index (χ2v) is 8.61. The number of rotatable bonds is 5. The van der Waals surface area contributed by atoms with Crippen LogP contribution in [0.3, 0.4) is 0 Å². The van der Waals surface area contributed by atoms with Gasteiger partial charge in [-0.3, -0.25) is 9.78 Å². The number of halogens is 3. The van der Waals surface area contributed by atoms with Crippen LogP contribution in [0.15, 0.2) is 42.6 Å². The number of carboxylic acids is 1. The maximum Gasteiger partial charge on any atom is 0.490 e. The molecule has 1 aliphatic rings. The van der Waals surface area contributed by atoms with Gasteiger partial charge in [0.25, 0.3) is 0 Å². The van der Waals surface area contributed by atoms with Crippen molar-refractivity contribution in [2.24, 2.45) is 11.1 Å². The quantitative estimate of drug-likeness (QED) is 0.619. The van der Waals surface area contributed by atoms with Gasteiger partial charge in [-0.1, -0.05) is 38.1 Å². The van der Waals surface area contributed by atoms with Gasteiger partial charge in [-0.05, 0) is 48.8 Å². The molecule has 1 amide bonds. The lowest BCUT2D eigenvalue weighted by atomic mass is 9.75. The highest BCUT2D eigenvalue weighted by molar-refractivity contribution is 5.93. The van der Waals surface area contributed by atoms with Gasteiger partial charge in [0.05, 0.1) is 5.69 Å². The molecule has 0 spiro atoms. The summed E-state index contributed by atoms with van der Waals surface area (Å²) in [5.41, 5.74) is 9.35. The monoisotopic (exact) mass is 451 g/mol. The summed E-state index contributed by atoms with van der Waals surface area (Å²) in [6, 6.07) is 12.3. The Labute approximate surface area is 185 Å². The number of nitrogens with two attached hydrogens (primary N) is 1. The Morgan fingerprint density at radius 2 is 1.72 bits per heavy atom. The lowest BCUT2D eigenvalue weighted by Gasteiger charge is -2.34. The highest BCUT2D eigenvalue weighted by atomic mass is 19.4. The predicted molar refractivity (Wildman–Crippen MR) is 115 cm³/mol. The summed E-state index contributed by atoms with van der Waals surface area (Å²) in [7, 11) is 0. The van der Waals surface area contributed by atoms with Crippen molar-refractivity contribution in [3.63, 3.8) is 0 Å². The number of amides is 1. The fourth-order valence-electron chi connectivity index (χ4n) is 3.40. The average Bonchev–Trinajstić information content (AvgIpc) is 2.73. The van der Waals surface area contributed by atoms with Gasteiger partial charge < -0.3 is 16.2 Å². The van der Waals surface area contributed by atoms with Gasteiger partial charge in [-0.2, -0.15) is 13.2 Å². The minimum absolute atomic E-state index is 0.430. The van der Waals surface area contributed by atoms with Crippen molar-refractivity contribution in [3.05, 3.63) is 53.7 Å². The van der Waals surface area contributed by atoms with Crippen molar-refractivity contribution in [1.82, 2.24) is 10.3 Å². The second kappa shape index (κ2) is 10.6. The number of carbonyl (C=O) groups excluding carboxylic acids is 1. The number of carbonyl (C=O) groups is 2. The third kappa shape index (κ3) is 7.96. The Balaban J connectivity index is 0.000000451. The Hall–Kier alpha value is -2.94. The van der Waals surface area contributed by atoms with E-state index in [1.807, 2.05) is 12.1 Å². The van der Waals surface area contributed by atoms with Crippen molar-refractivity contribution in [2.45, 2.75) is 58.3 Å². The normalized spacial score (nSPS) is 16.0. The largest absolute Gasteiger partial charge is 0.490 e. The number of aliphatic carboxylic acids is 1. The van der Waals surface area contributed by atoms with Gasteiger partial charge >= 0.3 is 12.1 Å². The number of benzene rings is 1. The van der Waals surface area contributed by atoms with Crippen molar-refractivity contribution >= 4 is 11.9 Å². The third-order valence-corrected chi connectivity index (χ3v) is 5.47. The van der Waals surface area contributed by atoms with E-state index in [1.165, 1.54) is 31.2 Å². The van der Waals surface area contributed by atoms with Crippen molar-refractivity contribution in [2.75, 3.05) is 0 Å². The van der Waals surface area contributed by atoms with Crippen LogP contribution < -0.4 is 11.1 Å². The molecule has 2 aromatic rings. The topological polar surface area (TPSA) is 105 Å². The fourth-order valence-corrected chi connectivity index (χ4v) is 3.40. The molecule has 0 unspecified atom stereocenters. The Morgan fingerprint density at radius 1 is 1.16 bits per heavy atom. The summed E-state index contributed by atoms with van der Waals surface area (Å²) >= 11 is 0. The van der Waals surface area contributed by atoms with Gasteiger partial charge in [0.2, 0.25) is 5.91 Å². The Kier molecular flexibility index (Phi) is 8.38. The molecule has 1 aromatic heterocycles. The number of nitrogens with zero attached hydrogens (tertiary/aromatic N) is 1. The SMILES string of the molecule is CC1(C)CCC(NCc2ccc(-c3cc(C(N)=O)ccn3)cc2)CC1.O=C(O)C(F)(F)F. The van der Waals surface area contributed by atoms with E-state index in [2.05, 4.69) is 36.3 Å². The summed E-state index contributed by atoms with van der Waals surface area (Å²) in [5, 5.41) is 10.8. The molecule has 4 N–H and O–H groups in total. The molecule has 1 saturated carbocycles. The van der Waals surface area contributed by atoms with Crippen LogP contribution in [0.5, 0.6) is 0 Å². The lowest BCUT2D eigenvalue weighted by Crippen LogP contribution is -2.35. The molecule has 9 heteroatoms. The maximum absolute atomic E-state index is 11.3. The van der Waals surface area contributed by atoms with Crippen LogP contribution in [0, 0.1) is 5.41 Å². The molecule has 1 heterocycles. The van der Waals surface area contributed by atoms with Crippen LogP contribution >= 0.6 is 0 Å². The molecule has 32 heavy (non-hydrogen) atoms. The molecule has 0 bridgehead atoms. The second-order valence-electron chi connectivity index (χ2n) is 8.61. The molecular weight excluding hydrogens is 423 g/mol. The third-order valence-electron chi connectivity index (χ3n) is 5.47. The van der Waals surface area contributed by atoms with Crippen LogP contribution in [-0.4, -0.2) is 34.2 Å². The van der Waals surface area contributed by atoms with Gasteiger partial charge in [0.15, 0.2) is 0 Å². The molecule has 174 valence electrons. The molecule has 6 nitrogen and oxygen atoms in total. The molecule has 3 rings (SSSR count). The Morgan fingerprint density at radius 3 is 2.22 bits per heavy atom. The fraction of sp³-hybridized carbons (Fsp3) is 0.435. The molecule has 0 saturated heterocycles. The van der Waals surface area contributed by atoms with Crippen molar-refractivity contribution in [1.29, 1.82) is 0 Å². The molecule has 0 aliphatic heterocycles. The van der Waals surface area contributed by atoms with E-state index in [0.717, 1.165) is 17.8 Å². The number of hydrogen-bond donors (Lipinski definition) is 3. The van der Waals surface area contributed by atoms with E-state index in [0.29, 0.717) is 17.0 Å². The maximum atomic E-state index is 11.3. The van der Waals surface area contributed by atoms with Gasteiger partial charge in [-0.15, -0.1) is 0 Å². The summed E-state index contributed by atoms with van der Waals surface area (Å²) < 4.78 is 31.7. The molecular formula is C23H28F3N3O3. The van der Waals surface area contributed by atoms with Gasteiger partial charge in [-0.25, -0.2) is 4.79 Å². The van der Waals surface area contributed by atoms with E-state index in [-0.39, 0.29) is 0 Å². The first kappa shape index (κ1) is 25.3. The minimum atomic E-state index is -5.08. The number of primary amides is 1. The highest BCUT2D eigenvalue weighted by Crippen LogP contribution is 2.35. The first-order chi connectivity index (χ1) is 14.9. The van der Waals surface area contributed by atoms with E-state index in [9.17, 15) is 18.0 Å². The van der Waals surface area contributed by atoms with Crippen LogP contribution in [0.1, 0.15) is 55.5 Å². The summed E-state index contributed by atoms with van der Waals surface area (Å²) in [6.45, 7) is 5.62. The Bertz CT molecular complexity index is 918. The zero-order valence-corrected chi connectivity index (χ0v) is 18.1. The van der Waals surface area contributed by atoms with E-state index in [1.54, 1.807) is 18.3 Å². The minimum Gasteiger partial charge on any atom is -0.475 e. The van der Waals surface area contributed by atoms with Gasteiger partial charge in [0, 0.05) is 29.9 Å². The van der Waals surface area contributed by atoms with Gasteiger partial charge in [0.1, 0.15) is 0 Å². The number of pyridine rings is 1. The smallest absolute Gasteiger partial charge is 0.475 e. The van der Waals surface area contributed by atoms with Crippen molar-refractivity contribution in [3.8, 4) is 11.3 Å². The molecule has 0 radical (unpaired) electrons. The van der Waals surface area contributed by atoms with Crippen LogP contribution in [-0.2, 0) is 11.3 Å². The average molecular weight is 451 g/mol. The van der Waals surface area contributed by atoms with Crippen LogP contribution in [0.2, 0.25) is 0 Å². The van der Waals surface area contributed by atoms with E-state index in [4.69, 9.17) is 15.6 Å². The van der Waals surface area contributed by atoms with Crippen LogP contribution in [0.25, 0.3) is 11.3 Å². The summed E-state index contributed by atoms with van der Waals surface area (Å²) in [6.07, 6.45) is 1.65. The molecule has 1 aromatic carbocycles. The number of aromatic nitrogens is 1. The molecule has 0 atom stereocenters. The molecule has 1 fully saturated rings. The number of carboxylic acid groups (broad SMARTS) is 1. The molecule has 1 aliphatic carbocycles. The first-order valence-electron chi connectivity index (χ1n) is 10.3. The first-order valence-corrected chi connectivity index (χ1v) is 10.3. The number of nitrogens with one attached hydrogen (secondary N) is 1. The predicted octanol–water partition coefficient (Wildman–Crippen LogP) is 4.54. The zero-order valence-electron chi connectivity index (χ0n) is 18.1. The number of alkyl halides is 3. The highest BCUT2D eigenvalue weighted by Gasteiger charge is 2.38. The summed E-state index contributed by atoms with van der Waals surface area (Å²) in [4.78, 5) is 24.5. The zero-order chi connectivity index (χ0) is 23.9. The van der Waals surface area contributed by atoms with Crippen LogP contribution in [0.4, 0.5) is 13.2 Å². The standard InChI is InChI=1S/C21H27N3O.C2HF3O2/c1-21(2)10-7-18(8-11-21)24-14-15-3-5-16(6-4-15)19-13-17(20(22)25)9-12-23-19;3-2(4,5)1(6)7/h3-6,9,12-13,18,24H,7-8,10-11,14H2,1-2H3,(H2,22,25);(H,6,7). The summed E-state index contributed by atoms with van der Waals surface area (Å²) in [5.74, 6) is -3.19. The number of hydrogen-bond acceptors (Lipinski definition) is 4.